The number of nitrogens with one attached hydrogen (secondary N) is 1. The Hall–Kier alpha value is -1.35. The zero-order valence-electron chi connectivity index (χ0n) is 9.92. The van der Waals surface area contributed by atoms with Crippen LogP contribution in [0.15, 0.2) is 18.2 Å². The van der Waals surface area contributed by atoms with Gasteiger partial charge in [-0.05, 0) is 43.5 Å². The third kappa shape index (κ3) is 4.03. The maximum atomic E-state index is 10.3. The largest absolute Gasteiger partial charge is 0.481 e. The standard InChI is InChI=1S/C13H19NO2/c1-10-5-3-6-11(2)12(10)9-14-8-4-7-13(15)16/h3,5-6,14H,4,7-9H2,1-2H3,(H,15,16). The highest BCUT2D eigenvalue weighted by atomic mass is 16.4. The number of carbonyl (C=O) groups is 1. The summed E-state index contributed by atoms with van der Waals surface area (Å²) in [4.78, 5) is 10.3. The molecule has 1 aromatic rings. The Balaban J connectivity index is 2.34. The van der Waals surface area contributed by atoms with Crippen molar-refractivity contribution < 1.29 is 9.90 Å². The van der Waals surface area contributed by atoms with Gasteiger partial charge in [0.15, 0.2) is 0 Å². The van der Waals surface area contributed by atoms with Crippen LogP contribution in [0.5, 0.6) is 0 Å². The molecule has 0 spiro atoms. The molecule has 0 unspecified atom stereocenters. The maximum Gasteiger partial charge on any atom is 0.303 e. The molecule has 88 valence electrons. The molecule has 0 aliphatic carbocycles. The monoisotopic (exact) mass is 221 g/mol. The van der Waals surface area contributed by atoms with Crippen LogP contribution in [-0.2, 0) is 11.3 Å². The van der Waals surface area contributed by atoms with Gasteiger partial charge in [-0.15, -0.1) is 0 Å². The van der Waals surface area contributed by atoms with E-state index in [1.165, 1.54) is 16.7 Å². The zero-order valence-corrected chi connectivity index (χ0v) is 9.92. The molecule has 1 aromatic carbocycles. The molecule has 1 rings (SSSR count). The minimum Gasteiger partial charge on any atom is -0.481 e. The third-order valence-electron chi connectivity index (χ3n) is 2.69. The summed E-state index contributed by atoms with van der Waals surface area (Å²) >= 11 is 0. The lowest BCUT2D eigenvalue weighted by molar-refractivity contribution is -0.137. The number of carboxylic acid groups (broad SMARTS) is 1. The number of benzene rings is 1. The predicted octanol–water partition coefficient (Wildman–Crippen LogP) is 2.26. The van der Waals surface area contributed by atoms with E-state index in [-0.39, 0.29) is 6.42 Å². The molecule has 0 atom stereocenters. The van der Waals surface area contributed by atoms with Crippen molar-refractivity contribution in [3.05, 3.63) is 34.9 Å². The second-order valence-corrected chi connectivity index (χ2v) is 4.04. The number of aryl methyl sites for hydroxylation is 2. The number of rotatable bonds is 6. The molecular formula is C13H19NO2. The van der Waals surface area contributed by atoms with Crippen molar-refractivity contribution in [3.8, 4) is 0 Å². The average Bonchev–Trinajstić information content (AvgIpc) is 2.21. The molecule has 16 heavy (non-hydrogen) atoms. The van der Waals surface area contributed by atoms with E-state index in [0.717, 1.165) is 13.1 Å². The summed E-state index contributed by atoms with van der Waals surface area (Å²) in [7, 11) is 0. The van der Waals surface area contributed by atoms with Gasteiger partial charge in [0.2, 0.25) is 0 Å². The average molecular weight is 221 g/mol. The number of hydrogen-bond donors (Lipinski definition) is 2. The summed E-state index contributed by atoms with van der Waals surface area (Å²) in [5, 5.41) is 11.8. The first-order valence-electron chi connectivity index (χ1n) is 5.59. The summed E-state index contributed by atoms with van der Waals surface area (Å²) in [6, 6.07) is 6.25. The number of aliphatic carboxylic acids is 1. The number of carboxylic acids is 1. The van der Waals surface area contributed by atoms with E-state index in [0.29, 0.717) is 6.42 Å². The van der Waals surface area contributed by atoms with Gasteiger partial charge in [0.05, 0.1) is 0 Å². The highest BCUT2D eigenvalue weighted by Crippen LogP contribution is 2.12. The minimum absolute atomic E-state index is 0.236. The van der Waals surface area contributed by atoms with Crippen LogP contribution in [0.1, 0.15) is 29.5 Å². The topological polar surface area (TPSA) is 49.3 Å². The van der Waals surface area contributed by atoms with E-state index in [1.54, 1.807) is 0 Å². The Bertz CT molecular complexity index is 341. The van der Waals surface area contributed by atoms with Crippen LogP contribution in [0.25, 0.3) is 0 Å². The van der Waals surface area contributed by atoms with Crippen molar-refractivity contribution in [2.45, 2.75) is 33.2 Å². The van der Waals surface area contributed by atoms with Crippen LogP contribution < -0.4 is 5.32 Å². The van der Waals surface area contributed by atoms with Crippen molar-refractivity contribution in [2.75, 3.05) is 6.54 Å². The molecular weight excluding hydrogens is 202 g/mol. The number of hydrogen-bond acceptors (Lipinski definition) is 2. The molecule has 2 N–H and O–H groups in total. The summed E-state index contributed by atoms with van der Waals surface area (Å²) in [6.07, 6.45) is 0.917. The van der Waals surface area contributed by atoms with E-state index in [2.05, 4.69) is 37.4 Å². The highest BCUT2D eigenvalue weighted by Gasteiger charge is 2.01. The van der Waals surface area contributed by atoms with Gasteiger partial charge in [-0.1, -0.05) is 18.2 Å². The van der Waals surface area contributed by atoms with Crippen LogP contribution in [0.2, 0.25) is 0 Å². The fourth-order valence-corrected chi connectivity index (χ4v) is 1.71. The van der Waals surface area contributed by atoms with Crippen molar-refractivity contribution >= 4 is 5.97 Å². The van der Waals surface area contributed by atoms with E-state index in [4.69, 9.17) is 5.11 Å². The normalized spacial score (nSPS) is 10.4. The van der Waals surface area contributed by atoms with E-state index >= 15 is 0 Å². The molecule has 0 aliphatic rings. The summed E-state index contributed by atoms with van der Waals surface area (Å²) in [6.45, 7) is 5.76. The van der Waals surface area contributed by atoms with Crippen molar-refractivity contribution in [1.29, 1.82) is 0 Å². The minimum atomic E-state index is -0.728. The van der Waals surface area contributed by atoms with Gasteiger partial charge in [-0.3, -0.25) is 4.79 Å². The van der Waals surface area contributed by atoms with E-state index < -0.39 is 5.97 Å². The lowest BCUT2D eigenvalue weighted by atomic mass is 10.0. The molecule has 0 saturated carbocycles. The smallest absolute Gasteiger partial charge is 0.303 e. The Morgan fingerprint density at radius 3 is 2.50 bits per heavy atom. The summed E-state index contributed by atoms with van der Waals surface area (Å²) in [5.41, 5.74) is 3.88. The molecule has 0 aromatic heterocycles. The second kappa shape index (κ2) is 6.28. The molecule has 3 nitrogen and oxygen atoms in total. The van der Waals surface area contributed by atoms with Crippen molar-refractivity contribution in [3.63, 3.8) is 0 Å². The third-order valence-corrected chi connectivity index (χ3v) is 2.69. The molecule has 0 radical (unpaired) electrons. The zero-order chi connectivity index (χ0) is 12.0. The van der Waals surface area contributed by atoms with Crippen LogP contribution in [0, 0.1) is 13.8 Å². The highest BCUT2D eigenvalue weighted by molar-refractivity contribution is 5.66. The van der Waals surface area contributed by atoms with Gasteiger partial charge in [0, 0.05) is 13.0 Å². The first-order valence-corrected chi connectivity index (χ1v) is 5.59. The molecule has 0 amide bonds. The fraction of sp³-hybridized carbons (Fsp3) is 0.462. The van der Waals surface area contributed by atoms with Crippen molar-refractivity contribution in [1.82, 2.24) is 5.32 Å². The quantitative estimate of drug-likeness (QED) is 0.724. The van der Waals surface area contributed by atoms with Gasteiger partial charge in [0.25, 0.3) is 0 Å². The Morgan fingerprint density at radius 1 is 1.31 bits per heavy atom. The molecule has 3 heteroatoms. The SMILES string of the molecule is Cc1cccc(C)c1CNCCCC(=O)O. The van der Waals surface area contributed by atoms with Crippen LogP contribution >= 0.6 is 0 Å². The Labute approximate surface area is 96.5 Å². The maximum absolute atomic E-state index is 10.3. The lowest BCUT2D eigenvalue weighted by Crippen LogP contribution is -2.17. The summed E-state index contributed by atoms with van der Waals surface area (Å²) in [5.74, 6) is -0.728. The Kier molecular flexibility index (Phi) is 4.99. The Morgan fingerprint density at radius 2 is 1.94 bits per heavy atom. The predicted molar refractivity (Wildman–Crippen MR) is 64.5 cm³/mol. The molecule has 0 saturated heterocycles. The molecule has 0 bridgehead atoms. The van der Waals surface area contributed by atoms with Gasteiger partial charge in [-0.25, -0.2) is 0 Å². The van der Waals surface area contributed by atoms with Crippen LogP contribution in [0.3, 0.4) is 0 Å². The van der Waals surface area contributed by atoms with Gasteiger partial charge in [-0.2, -0.15) is 0 Å². The lowest BCUT2D eigenvalue weighted by Gasteiger charge is -2.10. The second-order valence-electron chi connectivity index (χ2n) is 4.04. The van der Waals surface area contributed by atoms with Gasteiger partial charge < -0.3 is 10.4 Å². The molecule has 0 fully saturated rings. The van der Waals surface area contributed by atoms with Gasteiger partial charge in [0.1, 0.15) is 0 Å². The van der Waals surface area contributed by atoms with Crippen molar-refractivity contribution in [2.24, 2.45) is 0 Å². The molecule has 0 aliphatic heterocycles. The van der Waals surface area contributed by atoms with Crippen LogP contribution in [0.4, 0.5) is 0 Å². The summed E-state index contributed by atoms with van der Waals surface area (Å²) < 4.78 is 0. The fourth-order valence-electron chi connectivity index (χ4n) is 1.71. The molecule has 0 heterocycles. The first-order chi connectivity index (χ1) is 7.61. The van der Waals surface area contributed by atoms with Crippen LogP contribution in [-0.4, -0.2) is 17.6 Å². The van der Waals surface area contributed by atoms with E-state index in [1.807, 2.05) is 0 Å². The first kappa shape index (κ1) is 12.7. The van der Waals surface area contributed by atoms with Gasteiger partial charge >= 0.3 is 5.97 Å². The van der Waals surface area contributed by atoms with E-state index in [9.17, 15) is 4.79 Å².